The Labute approximate surface area is 280 Å². The molecule has 260 valence electrons. The first-order valence-electron chi connectivity index (χ1n) is 16.5. The highest BCUT2D eigenvalue weighted by molar-refractivity contribution is 5.74. The van der Waals surface area contributed by atoms with E-state index >= 15 is 0 Å². The lowest BCUT2D eigenvalue weighted by Crippen LogP contribution is -2.68. The second-order valence-electron chi connectivity index (χ2n) is 12.0. The number of alkyl halides is 3. The minimum atomic E-state index is -4.57. The third-order valence-electron chi connectivity index (χ3n) is 9.01. The Balaban J connectivity index is 1.54. The van der Waals surface area contributed by atoms with Crippen molar-refractivity contribution >= 4 is 6.03 Å². The van der Waals surface area contributed by atoms with Gasteiger partial charge in [0.25, 0.3) is 0 Å². The zero-order chi connectivity index (χ0) is 34.3. The van der Waals surface area contributed by atoms with E-state index in [1.165, 1.54) is 7.11 Å². The Bertz CT molecular complexity index is 1440. The number of hydrogen-bond donors (Lipinski definition) is 0. The van der Waals surface area contributed by atoms with Crippen molar-refractivity contribution in [1.29, 1.82) is 0 Å². The first kappa shape index (κ1) is 35.2. The molecule has 2 aromatic carbocycles. The SMILES string of the molecule is CCOc1nc(OC)c(CN2C[C@@H]3CN(C(=O)N(CC)CC)CCN3[C@H](C(c3ccccc3)c3ccccc3)C2)c(OCC(F)(F)F)n1. The molecular formula is C35H45F3N6O4. The van der Waals surface area contributed by atoms with Gasteiger partial charge in [-0.25, -0.2) is 4.79 Å². The van der Waals surface area contributed by atoms with Crippen molar-refractivity contribution in [2.24, 2.45) is 0 Å². The summed E-state index contributed by atoms with van der Waals surface area (Å²) in [6.07, 6.45) is -4.57. The van der Waals surface area contributed by atoms with E-state index in [-0.39, 0.29) is 55.0 Å². The van der Waals surface area contributed by atoms with E-state index in [1.54, 1.807) is 6.92 Å². The number of aromatic nitrogens is 2. The molecule has 3 aromatic rings. The standard InChI is InChI=1S/C35H45F3N6O4/c1-5-42(6-2)34(45)43-18-19-44-27(21-43)20-41(23-29(44)30(25-14-10-8-11-15-25)26-16-12-9-13-17-26)22-28-31(46-4)39-33(47-7-3)40-32(28)48-24-35(36,37)38/h8-17,27,29-30H,5-7,18-24H2,1-4H3/t27-,29+/m1/s1. The van der Waals surface area contributed by atoms with E-state index in [4.69, 9.17) is 14.2 Å². The summed E-state index contributed by atoms with van der Waals surface area (Å²) in [5.74, 6) is -0.150. The number of piperazine rings is 2. The molecule has 10 nitrogen and oxygen atoms in total. The van der Waals surface area contributed by atoms with Crippen LogP contribution in [0.2, 0.25) is 0 Å². The van der Waals surface area contributed by atoms with Crippen LogP contribution < -0.4 is 14.2 Å². The number of carbonyl (C=O) groups is 1. The molecule has 2 saturated heterocycles. The van der Waals surface area contributed by atoms with Gasteiger partial charge in [-0.05, 0) is 31.9 Å². The normalized spacial score (nSPS) is 18.8. The molecule has 2 fully saturated rings. The molecule has 0 saturated carbocycles. The van der Waals surface area contributed by atoms with Gasteiger partial charge in [-0.3, -0.25) is 9.80 Å². The second-order valence-corrected chi connectivity index (χ2v) is 12.0. The molecule has 0 N–H and O–H groups in total. The number of rotatable bonds is 12. The third kappa shape index (κ3) is 8.30. The van der Waals surface area contributed by atoms with Crippen LogP contribution in [0, 0.1) is 0 Å². The fourth-order valence-corrected chi connectivity index (χ4v) is 6.88. The quantitative estimate of drug-likeness (QED) is 0.257. The maximum Gasteiger partial charge on any atom is 0.422 e. The summed E-state index contributed by atoms with van der Waals surface area (Å²) in [5.41, 5.74) is 2.62. The van der Waals surface area contributed by atoms with Gasteiger partial charge in [-0.1, -0.05) is 60.7 Å². The van der Waals surface area contributed by atoms with Gasteiger partial charge in [0.2, 0.25) is 11.8 Å². The van der Waals surface area contributed by atoms with Crippen LogP contribution in [0.1, 0.15) is 43.4 Å². The van der Waals surface area contributed by atoms with E-state index in [0.29, 0.717) is 51.4 Å². The van der Waals surface area contributed by atoms with Crippen molar-refractivity contribution in [2.75, 3.05) is 66.1 Å². The smallest absolute Gasteiger partial charge is 0.422 e. The molecule has 2 aliphatic rings. The van der Waals surface area contributed by atoms with Crippen LogP contribution in [0.15, 0.2) is 60.7 Å². The highest BCUT2D eigenvalue weighted by Crippen LogP contribution is 2.38. The fourth-order valence-electron chi connectivity index (χ4n) is 6.88. The summed E-state index contributed by atoms with van der Waals surface area (Å²) in [7, 11) is 1.41. The molecule has 0 spiro atoms. The zero-order valence-corrected chi connectivity index (χ0v) is 28.0. The van der Waals surface area contributed by atoms with Crippen LogP contribution in [0.5, 0.6) is 17.8 Å². The number of fused-ring (bicyclic) bond motifs is 1. The van der Waals surface area contributed by atoms with Crippen molar-refractivity contribution in [2.45, 2.75) is 51.5 Å². The Morgan fingerprint density at radius 2 is 1.52 bits per heavy atom. The van der Waals surface area contributed by atoms with Crippen LogP contribution in [0.3, 0.4) is 0 Å². The molecule has 2 atom stereocenters. The largest absolute Gasteiger partial charge is 0.481 e. The number of urea groups is 1. The first-order chi connectivity index (χ1) is 23.1. The third-order valence-corrected chi connectivity index (χ3v) is 9.01. The summed E-state index contributed by atoms with van der Waals surface area (Å²) in [4.78, 5) is 30.5. The molecule has 0 unspecified atom stereocenters. The van der Waals surface area contributed by atoms with Gasteiger partial charge in [0.05, 0.1) is 19.3 Å². The van der Waals surface area contributed by atoms with Crippen LogP contribution in [0.25, 0.3) is 0 Å². The van der Waals surface area contributed by atoms with Gasteiger partial charge >= 0.3 is 18.2 Å². The lowest BCUT2D eigenvalue weighted by molar-refractivity contribution is -0.154. The van der Waals surface area contributed by atoms with Crippen LogP contribution in [0.4, 0.5) is 18.0 Å². The van der Waals surface area contributed by atoms with Gasteiger partial charge in [0, 0.05) is 70.4 Å². The van der Waals surface area contributed by atoms with E-state index in [2.05, 4.69) is 44.0 Å². The lowest BCUT2D eigenvalue weighted by atomic mass is 9.81. The lowest BCUT2D eigenvalue weighted by Gasteiger charge is -2.53. The number of ether oxygens (including phenoxy) is 3. The summed E-state index contributed by atoms with van der Waals surface area (Å²) >= 11 is 0. The average Bonchev–Trinajstić information content (AvgIpc) is 3.09. The summed E-state index contributed by atoms with van der Waals surface area (Å²) in [6, 6.07) is 20.5. The van der Waals surface area contributed by atoms with Crippen LogP contribution >= 0.6 is 0 Å². The molecule has 0 aliphatic carbocycles. The Hall–Kier alpha value is -4.10. The van der Waals surface area contributed by atoms with Gasteiger partial charge < -0.3 is 24.0 Å². The van der Waals surface area contributed by atoms with Crippen LogP contribution in [-0.2, 0) is 6.54 Å². The van der Waals surface area contributed by atoms with Gasteiger partial charge in [-0.15, -0.1) is 0 Å². The van der Waals surface area contributed by atoms with E-state index in [0.717, 1.165) is 11.1 Å². The number of halogens is 3. The van der Waals surface area contributed by atoms with E-state index in [1.807, 2.05) is 60.0 Å². The molecule has 48 heavy (non-hydrogen) atoms. The molecule has 0 radical (unpaired) electrons. The Morgan fingerprint density at radius 3 is 2.08 bits per heavy atom. The molecule has 2 aliphatic heterocycles. The van der Waals surface area contributed by atoms with E-state index in [9.17, 15) is 18.0 Å². The summed E-state index contributed by atoms with van der Waals surface area (Å²) in [5, 5.41) is 0. The maximum absolute atomic E-state index is 13.5. The highest BCUT2D eigenvalue weighted by Gasteiger charge is 2.44. The molecule has 0 bridgehead atoms. The second kappa shape index (κ2) is 15.9. The molecule has 5 rings (SSSR count). The average molecular weight is 671 g/mol. The maximum atomic E-state index is 13.5. The minimum absolute atomic E-state index is 0.0119. The molecule has 3 heterocycles. The van der Waals surface area contributed by atoms with Crippen molar-refractivity contribution in [1.82, 2.24) is 29.6 Å². The number of carbonyl (C=O) groups excluding carboxylic acids is 1. The molecule has 1 aromatic heterocycles. The number of methoxy groups -OCH3 is 1. The Morgan fingerprint density at radius 1 is 0.896 bits per heavy atom. The zero-order valence-electron chi connectivity index (χ0n) is 28.0. The molecule has 2 amide bonds. The first-order valence-corrected chi connectivity index (χ1v) is 16.5. The minimum Gasteiger partial charge on any atom is -0.481 e. The van der Waals surface area contributed by atoms with Crippen LogP contribution in [-0.4, -0.2) is 120 Å². The summed E-state index contributed by atoms with van der Waals surface area (Å²) in [6.45, 7) is 8.77. The van der Waals surface area contributed by atoms with Crippen molar-refractivity contribution in [3.63, 3.8) is 0 Å². The highest BCUT2D eigenvalue weighted by atomic mass is 19.4. The number of hydrogen-bond acceptors (Lipinski definition) is 8. The Kier molecular flexibility index (Phi) is 11.6. The number of amides is 2. The van der Waals surface area contributed by atoms with E-state index < -0.39 is 12.8 Å². The predicted octanol–water partition coefficient (Wildman–Crippen LogP) is 5.29. The topological polar surface area (TPSA) is 83.5 Å². The predicted molar refractivity (Wildman–Crippen MR) is 175 cm³/mol. The molecular weight excluding hydrogens is 625 g/mol. The fraction of sp³-hybridized carbons (Fsp3) is 0.514. The number of nitrogens with zero attached hydrogens (tertiary/aromatic N) is 6. The number of benzene rings is 2. The van der Waals surface area contributed by atoms with Crippen molar-refractivity contribution in [3.8, 4) is 17.8 Å². The molecule has 13 heteroatoms. The summed E-state index contributed by atoms with van der Waals surface area (Å²) < 4.78 is 56.3. The van der Waals surface area contributed by atoms with Gasteiger partial charge in [0.1, 0.15) is 0 Å². The monoisotopic (exact) mass is 670 g/mol. The van der Waals surface area contributed by atoms with Gasteiger partial charge in [0.15, 0.2) is 6.61 Å². The van der Waals surface area contributed by atoms with Crippen molar-refractivity contribution in [3.05, 3.63) is 77.4 Å². The van der Waals surface area contributed by atoms with Crippen molar-refractivity contribution < 1.29 is 32.2 Å². The van der Waals surface area contributed by atoms with Gasteiger partial charge in [-0.2, -0.15) is 23.1 Å².